The van der Waals surface area contributed by atoms with Gasteiger partial charge in [0.15, 0.2) is 17.0 Å². The lowest BCUT2D eigenvalue weighted by atomic mass is 10.2. The summed E-state index contributed by atoms with van der Waals surface area (Å²) in [6, 6.07) is 0.840. The summed E-state index contributed by atoms with van der Waals surface area (Å²) in [4.78, 5) is 15.9. The first kappa shape index (κ1) is 21.6. The van der Waals surface area contributed by atoms with Crippen molar-refractivity contribution in [2.45, 2.75) is 71.3 Å². The average Bonchev–Trinajstić information content (AvgIpc) is 2.88. The van der Waals surface area contributed by atoms with E-state index in [2.05, 4.69) is 26.8 Å². The highest BCUT2D eigenvalue weighted by Gasteiger charge is 2.18. The largest absolute Gasteiger partial charge is 0.468 e. The van der Waals surface area contributed by atoms with Gasteiger partial charge in [0.05, 0.1) is 13.7 Å². The lowest BCUT2D eigenvalue weighted by molar-refractivity contribution is 0.276. The van der Waals surface area contributed by atoms with Crippen LogP contribution in [0.2, 0.25) is 0 Å². The number of unbranched alkanes of at least 4 members (excludes halogenated alkanes) is 3. The van der Waals surface area contributed by atoms with E-state index in [-0.39, 0.29) is 0 Å². The summed E-state index contributed by atoms with van der Waals surface area (Å²) in [5.74, 6) is 0.333. The van der Waals surface area contributed by atoms with Crippen molar-refractivity contribution < 1.29 is 9.47 Å². The van der Waals surface area contributed by atoms with E-state index in [1.807, 2.05) is 4.57 Å². The van der Waals surface area contributed by atoms with Crippen molar-refractivity contribution in [2.24, 2.45) is 0 Å². The number of hydrogen-bond donors (Lipinski definition) is 1. The summed E-state index contributed by atoms with van der Waals surface area (Å²) < 4.78 is 13.1. The predicted molar refractivity (Wildman–Crippen MR) is 115 cm³/mol. The van der Waals surface area contributed by atoms with Crippen LogP contribution in [0.25, 0.3) is 11.2 Å². The smallest absolute Gasteiger partial charge is 0.320 e. The molecular formula is C21H36N6O2. The Morgan fingerprint density at radius 3 is 2.41 bits per heavy atom. The number of fused-ring (bicyclic) bond motifs is 1. The van der Waals surface area contributed by atoms with Crippen molar-refractivity contribution >= 4 is 17.0 Å². The lowest BCUT2D eigenvalue weighted by Crippen LogP contribution is -2.25. The molecule has 1 saturated heterocycles. The molecule has 3 rings (SSSR count). The Kier molecular flexibility index (Phi) is 8.34. The SMILES string of the molecule is CCCCOc1nc(N)c2nc(OC)n(CCCCCN3CCCCCC3)c2n1. The van der Waals surface area contributed by atoms with Crippen LogP contribution in [-0.2, 0) is 6.54 Å². The third kappa shape index (κ3) is 5.95. The van der Waals surface area contributed by atoms with Gasteiger partial charge < -0.3 is 20.1 Å². The fourth-order valence-electron chi connectivity index (χ4n) is 3.85. The number of nitrogens with two attached hydrogens (primary N) is 1. The number of aryl methyl sites for hydroxylation is 1. The van der Waals surface area contributed by atoms with Crippen LogP contribution in [0.5, 0.6) is 12.0 Å². The quantitative estimate of drug-likeness (QED) is 0.572. The molecular weight excluding hydrogens is 368 g/mol. The lowest BCUT2D eigenvalue weighted by Gasteiger charge is -2.19. The molecule has 2 aromatic rings. The third-order valence-electron chi connectivity index (χ3n) is 5.53. The Morgan fingerprint density at radius 1 is 0.931 bits per heavy atom. The number of aromatic nitrogens is 4. The second kappa shape index (κ2) is 11.2. The van der Waals surface area contributed by atoms with Crippen molar-refractivity contribution in [2.75, 3.05) is 39.1 Å². The molecule has 162 valence electrons. The number of anilines is 1. The number of likely N-dealkylation sites (tertiary alicyclic amines) is 1. The van der Waals surface area contributed by atoms with E-state index in [0.29, 0.717) is 35.6 Å². The zero-order valence-corrected chi connectivity index (χ0v) is 18.0. The molecule has 1 aliphatic rings. The van der Waals surface area contributed by atoms with Crippen LogP contribution in [0.15, 0.2) is 0 Å². The zero-order valence-electron chi connectivity index (χ0n) is 18.0. The standard InChI is InChI=1S/C21H36N6O2/c1-3-4-16-29-20-24-18(22)17-19(25-20)27(21(23-17)28-2)15-11-7-10-14-26-12-8-5-6-9-13-26/h3-16H2,1-2H3,(H2,22,24,25). The number of imidazole rings is 1. The topological polar surface area (TPSA) is 91.3 Å². The van der Waals surface area contributed by atoms with Crippen molar-refractivity contribution in [3.05, 3.63) is 0 Å². The Hall–Kier alpha value is -2.09. The van der Waals surface area contributed by atoms with Crippen molar-refractivity contribution in [3.8, 4) is 12.0 Å². The predicted octanol–water partition coefficient (Wildman–Crippen LogP) is 3.64. The second-order valence-corrected chi connectivity index (χ2v) is 7.83. The molecule has 0 amide bonds. The average molecular weight is 405 g/mol. The van der Waals surface area contributed by atoms with Crippen LogP contribution < -0.4 is 15.2 Å². The molecule has 0 aliphatic carbocycles. The molecule has 0 unspecified atom stereocenters. The summed E-state index contributed by atoms with van der Waals surface area (Å²) in [7, 11) is 1.62. The van der Waals surface area contributed by atoms with Gasteiger partial charge in [-0.3, -0.25) is 4.57 Å². The van der Waals surface area contributed by atoms with Crippen molar-refractivity contribution in [1.82, 2.24) is 24.4 Å². The Labute approximate surface area is 173 Å². The minimum atomic E-state index is 0.313. The summed E-state index contributed by atoms with van der Waals surface area (Å²) in [6.07, 6.45) is 10.9. The van der Waals surface area contributed by atoms with E-state index in [1.165, 1.54) is 58.2 Å². The molecule has 0 radical (unpaired) electrons. The number of hydrogen-bond acceptors (Lipinski definition) is 7. The molecule has 0 aromatic carbocycles. The van der Waals surface area contributed by atoms with Crippen molar-refractivity contribution in [3.63, 3.8) is 0 Å². The fraction of sp³-hybridized carbons (Fsp3) is 0.762. The molecule has 29 heavy (non-hydrogen) atoms. The van der Waals surface area contributed by atoms with E-state index < -0.39 is 0 Å². The van der Waals surface area contributed by atoms with Crippen LogP contribution in [0, 0.1) is 0 Å². The maximum absolute atomic E-state index is 6.10. The van der Waals surface area contributed by atoms with Crippen LogP contribution in [0.1, 0.15) is 64.7 Å². The first-order valence-corrected chi connectivity index (χ1v) is 11.2. The molecule has 8 heteroatoms. The fourth-order valence-corrected chi connectivity index (χ4v) is 3.85. The van der Waals surface area contributed by atoms with Gasteiger partial charge in [-0.1, -0.05) is 32.6 Å². The maximum Gasteiger partial charge on any atom is 0.320 e. The van der Waals surface area contributed by atoms with Gasteiger partial charge in [0.25, 0.3) is 6.01 Å². The third-order valence-corrected chi connectivity index (χ3v) is 5.53. The summed E-state index contributed by atoms with van der Waals surface area (Å²) in [5.41, 5.74) is 7.37. The number of methoxy groups -OCH3 is 1. The van der Waals surface area contributed by atoms with Gasteiger partial charge in [-0.15, -0.1) is 0 Å². The Balaban J connectivity index is 1.59. The number of rotatable bonds is 11. The van der Waals surface area contributed by atoms with Crippen LogP contribution in [0.4, 0.5) is 5.82 Å². The molecule has 3 heterocycles. The van der Waals surface area contributed by atoms with Gasteiger partial charge in [-0.2, -0.15) is 15.0 Å². The minimum Gasteiger partial charge on any atom is -0.468 e. The highest BCUT2D eigenvalue weighted by molar-refractivity contribution is 5.83. The maximum atomic E-state index is 6.10. The van der Waals surface area contributed by atoms with Gasteiger partial charge in [0, 0.05) is 6.54 Å². The van der Waals surface area contributed by atoms with Gasteiger partial charge in [-0.25, -0.2) is 0 Å². The molecule has 0 saturated carbocycles. The Morgan fingerprint density at radius 2 is 1.69 bits per heavy atom. The van der Waals surface area contributed by atoms with Gasteiger partial charge in [0.1, 0.15) is 0 Å². The second-order valence-electron chi connectivity index (χ2n) is 7.83. The summed E-state index contributed by atoms with van der Waals surface area (Å²) in [5, 5.41) is 0. The van der Waals surface area contributed by atoms with Gasteiger partial charge in [0.2, 0.25) is 0 Å². The molecule has 1 fully saturated rings. The number of nitrogen functional groups attached to an aromatic ring is 1. The molecule has 0 atom stereocenters. The van der Waals surface area contributed by atoms with Gasteiger partial charge in [-0.05, 0) is 51.7 Å². The van der Waals surface area contributed by atoms with Crippen LogP contribution in [-0.4, -0.2) is 57.8 Å². The monoisotopic (exact) mass is 404 g/mol. The number of ether oxygens (including phenoxy) is 2. The van der Waals surface area contributed by atoms with E-state index in [4.69, 9.17) is 15.2 Å². The zero-order chi connectivity index (χ0) is 20.5. The van der Waals surface area contributed by atoms with Crippen molar-refractivity contribution in [1.29, 1.82) is 0 Å². The van der Waals surface area contributed by atoms with E-state index in [1.54, 1.807) is 7.11 Å². The summed E-state index contributed by atoms with van der Waals surface area (Å²) in [6.45, 7) is 7.22. The minimum absolute atomic E-state index is 0.313. The summed E-state index contributed by atoms with van der Waals surface area (Å²) >= 11 is 0. The Bertz CT molecular complexity index is 755. The molecule has 2 N–H and O–H groups in total. The molecule has 2 aromatic heterocycles. The van der Waals surface area contributed by atoms with Crippen LogP contribution in [0.3, 0.4) is 0 Å². The highest BCUT2D eigenvalue weighted by Crippen LogP contribution is 2.26. The molecule has 0 spiro atoms. The molecule has 0 bridgehead atoms. The molecule has 1 aliphatic heterocycles. The normalized spacial score (nSPS) is 15.5. The van der Waals surface area contributed by atoms with E-state index >= 15 is 0 Å². The van der Waals surface area contributed by atoms with Gasteiger partial charge >= 0.3 is 6.01 Å². The first-order chi connectivity index (χ1) is 14.2. The van der Waals surface area contributed by atoms with E-state index in [0.717, 1.165) is 25.8 Å². The van der Waals surface area contributed by atoms with E-state index in [9.17, 15) is 0 Å². The molecule has 8 nitrogen and oxygen atoms in total. The first-order valence-electron chi connectivity index (χ1n) is 11.2. The highest BCUT2D eigenvalue weighted by atomic mass is 16.5. The number of nitrogens with zero attached hydrogens (tertiary/aromatic N) is 5. The van der Waals surface area contributed by atoms with Crippen LogP contribution >= 0.6 is 0 Å².